The lowest BCUT2D eigenvalue weighted by atomic mass is 9.98. The largest absolute Gasteiger partial charge is 0.388 e. The smallest absolute Gasteiger partial charge is 0.178 e. The summed E-state index contributed by atoms with van der Waals surface area (Å²) in [5.74, 6) is -2.10. The molecule has 3 rings (SSSR count). The van der Waals surface area contributed by atoms with Gasteiger partial charge in [0.1, 0.15) is 28.8 Å². The zero-order valence-electron chi connectivity index (χ0n) is 14.0. The Bertz CT molecular complexity index is 1070. The molecule has 1 heterocycles. The van der Waals surface area contributed by atoms with Crippen LogP contribution in [0.1, 0.15) is 11.3 Å². The second-order valence-corrected chi connectivity index (χ2v) is 7.87. The molecule has 26 heavy (non-hydrogen) atoms. The summed E-state index contributed by atoms with van der Waals surface area (Å²) in [6, 6.07) is 8.49. The summed E-state index contributed by atoms with van der Waals surface area (Å²) in [4.78, 5) is -0.738. The Morgan fingerprint density at radius 2 is 1.77 bits per heavy atom. The Kier molecular flexibility index (Phi) is 4.64. The Labute approximate surface area is 148 Å². The third-order valence-corrected chi connectivity index (χ3v) is 5.03. The van der Waals surface area contributed by atoms with Crippen LogP contribution < -0.4 is 0 Å². The summed E-state index contributed by atoms with van der Waals surface area (Å²) >= 11 is 0. The molecule has 1 N–H and O–H groups in total. The van der Waals surface area contributed by atoms with Gasteiger partial charge < -0.3 is 9.63 Å². The molecule has 136 valence electrons. The van der Waals surface area contributed by atoms with Crippen LogP contribution in [-0.4, -0.2) is 24.9 Å². The maximum absolute atomic E-state index is 14.6. The topological polar surface area (TPSA) is 80.4 Å². The highest BCUT2D eigenvalue weighted by molar-refractivity contribution is 7.90. The van der Waals surface area contributed by atoms with Crippen molar-refractivity contribution >= 4 is 9.84 Å². The number of aliphatic hydroxyl groups excluding tert-OH is 1. The summed E-state index contributed by atoms with van der Waals surface area (Å²) in [7, 11) is -3.93. The predicted octanol–water partition coefficient (Wildman–Crippen LogP) is 3.49. The van der Waals surface area contributed by atoms with Gasteiger partial charge in [-0.2, -0.15) is 0 Å². The number of nitrogens with zero attached hydrogens (tertiary/aromatic N) is 1. The molecule has 0 atom stereocenters. The highest BCUT2D eigenvalue weighted by Crippen LogP contribution is 2.37. The summed E-state index contributed by atoms with van der Waals surface area (Å²) in [5, 5.41) is 13.3. The van der Waals surface area contributed by atoms with Gasteiger partial charge in [0.05, 0.1) is 5.56 Å². The number of sulfone groups is 1. The first-order valence-electron chi connectivity index (χ1n) is 7.58. The van der Waals surface area contributed by atoms with Gasteiger partial charge in [0, 0.05) is 17.4 Å². The molecule has 3 aromatic rings. The number of benzene rings is 2. The zero-order chi connectivity index (χ0) is 19.1. The lowest BCUT2D eigenvalue weighted by molar-refractivity contribution is 0.230. The van der Waals surface area contributed by atoms with Gasteiger partial charge in [-0.3, -0.25) is 0 Å². The van der Waals surface area contributed by atoms with Crippen molar-refractivity contribution in [1.82, 2.24) is 5.16 Å². The first-order valence-corrected chi connectivity index (χ1v) is 9.47. The maximum Gasteiger partial charge on any atom is 0.178 e. The van der Waals surface area contributed by atoms with Crippen LogP contribution in [0, 0.1) is 18.6 Å². The number of rotatable bonds is 4. The number of aryl methyl sites for hydroxylation is 1. The van der Waals surface area contributed by atoms with Gasteiger partial charge in [-0.05, 0) is 19.1 Å². The highest BCUT2D eigenvalue weighted by atomic mass is 32.2. The first-order chi connectivity index (χ1) is 12.2. The first kappa shape index (κ1) is 18.2. The molecule has 0 fully saturated rings. The Balaban J connectivity index is 2.26. The van der Waals surface area contributed by atoms with Crippen molar-refractivity contribution in [2.45, 2.75) is 18.4 Å². The minimum absolute atomic E-state index is 0.0500. The molecule has 0 spiro atoms. The van der Waals surface area contributed by atoms with E-state index in [-0.39, 0.29) is 22.6 Å². The van der Waals surface area contributed by atoms with E-state index in [1.807, 2.05) is 19.1 Å². The van der Waals surface area contributed by atoms with E-state index in [2.05, 4.69) is 5.16 Å². The number of hydrogen-bond donors (Lipinski definition) is 1. The molecule has 0 aliphatic heterocycles. The van der Waals surface area contributed by atoms with E-state index >= 15 is 0 Å². The van der Waals surface area contributed by atoms with E-state index in [4.69, 9.17) is 4.52 Å². The van der Waals surface area contributed by atoms with Gasteiger partial charge in [0.25, 0.3) is 0 Å². The van der Waals surface area contributed by atoms with Crippen LogP contribution in [0.2, 0.25) is 0 Å². The normalized spacial score (nSPS) is 11.7. The lowest BCUT2D eigenvalue weighted by Crippen LogP contribution is -2.03. The molecule has 8 heteroatoms. The molecule has 0 aliphatic carbocycles. The van der Waals surface area contributed by atoms with Crippen LogP contribution >= 0.6 is 0 Å². The molecular weight excluding hydrogens is 364 g/mol. The maximum atomic E-state index is 14.6. The van der Waals surface area contributed by atoms with Crippen molar-refractivity contribution in [3.63, 3.8) is 0 Å². The molecule has 1 aromatic heterocycles. The standard InChI is InChI=1S/C18H15F2NO4S/c1-10-3-5-11(6-4-10)18-17(15(9-22)25-21-18)12-7-14(20)16(8-13(12)19)26(2,23)24/h3-8,22H,9H2,1-2H3. The molecule has 0 unspecified atom stereocenters. The molecule has 5 nitrogen and oxygen atoms in total. The monoisotopic (exact) mass is 379 g/mol. The molecular formula is C18H15F2NO4S. The third-order valence-electron chi connectivity index (χ3n) is 3.92. The highest BCUT2D eigenvalue weighted by Gasteiger charge is 2.25. The fourth-order valence-corrected chi connectivity index (χ4v) is 3.35. The summed E-state index contributed by atoms with van der Waals surface area (Å²) in [6.45, 7) is 1.31. The average molecular weight is 379 g/mol. The van der Waals surface area contributed by atoms with Gasteiger partial charge in [-0.15, -0.1) is 0 Å². The van der Waals surface area contributed by atoms with Crippen molar-refractivity contribution in [2.75, 3.05) is 6.26 Å². The van der Waals surface area contributed by atoms with Crippen LogP contribution in [-0.2, 0) is 16.4 Å². The van der Waals surface area contributed by atoms with Crippen LogP contribution in [0.15, 0.2) is 45.8 Å². The fraction of sp³-hybridized carbons (Fsp3) is 0.167. The number of aromatic nitrogens is 1. The molecule has 0 radical (unpaired) electrons. The molecule has 0 saturated heterocycles. The molecule has 2 aromatic carbocycles. The number of aliphatic hydroxyl groups is 1. The van der Waals surface area contributed by atoms with Gasteiger partial charge in [-0.25, -0.2) is 17.2 Å². The SMILES string of the molecule is Cc1ccc(-c2noc(CO)c2-c2cc(F)c(S(C)(=O)=O)cc2F)cc1. The van der Waals surface area contributed by atoms with Crippen molar-refractivity contribution in [2.24, 2.45) is 0 Å². The molecule has 0 saturated carbocycles. The van der Waals surface area contributed by atoms with E-state index in [1.54, 1.807) is 12.1 Å². The Hall–Kier alpha value is -2.58. The van der Waals surface area contributed by atoms with E-state index in [0.717, 1.165) is 17.9 Å². The second-order valence-electron chi connectivity index (χ2n) is 5.89. The Morgan fingerprint density at radius 3 is 2.35 bits per heavy atom. The lowest BCUT2D eigenvalue weighted by Gasteiger charge is -2.08. The second kappa shape index (κ2) is 6.62. The van der Waals surface area contributed by atoms with E-state index in [0.29, 0.717) is 11.6 Å². The minimum atomic E-state index is -3.93. The van der Waals surface area contributed by atoms with Crippen molar-refractivity contribution in [3.8, 4) is 22.4 Å². The third kappa shape index (κ3) is 3.25. The zero-order valence-corrected chi connectivity index (χ0v) is 14.8. The quantitative estimate of drug-likeness (QED) is 0.751. The van der Waals surface area contributed by atoms with Crippen LogP contribution in [0.3, 0.4) is 0 Å². The van der Waals surface area contributed by atoms with Crippen LogP contribution in [0.5, 0.6) is 0 Å². The van der Waals surface area contributed by atoms with E-state index in [1.165, 1.54) is 0 Å². The molecule has 0 bridgehead atoms. The van der Waals surface area contributed by atoms with Crippen LogP contribution in [0.4, 0.5) is 8.78 Å². The fourth-order valence-electron chi connectivity index (χ4n) is 2.62. The predicted molar refractivity (Wildman–Crippen MR) is 91.1 cm³/mol. The van der Waals surface area contributed by atoms with Crippen molar-refractivity contribution in [1.29, 1.82) is 0 Å². The van der Waals surface area contributed by atoms with Gasteiger partial charge >= 0.3 is 0 Å². The van der Waals surface area contributed by atoms with Gasteiger partial charge in [0.15, 0.2) is 15.6 Å². The number of halogens is 2. The van der Waals surface area contributed by atoms with Crippen LogP contribution in [0.25, 0.3) is 22.4 Å². The Morgan fingerprint density at radius 1 is 1.12 bits per heavy atom. The summed E-state index contributed by atoms with van der Waals surface area (Å²) < 4.78 is 57.1. The van der Waals surface area contributed by atoms with Gasteiger partial charge in [-0.1, -0.05) is 35.0 Å². The average Bonchev–Trinajstić information content (AvgIpc) is 3.00. The van der Waals surface area contributed by atoms with E-state index < -0.39 is 33.0 Å². The molecule has 0 amide bonds. The summed E-state index contributed by atoms with van der Waals surface area (Å²) in [6.07, 6.45) is 0.792. The minimum Gasteiger partial charge on any atom is -0.388 e. The molecule has 0 aliphatic rings. The van der Waals surface area contributed by atoms with Crippen molar-refractivity contribution in [3.05, 3.63) is 59.4 Å². The van der Waals surface area contributed by atoms with E-state index in [9.17, 15) is 22.3 Å². The number of hydrogen-bond acceptors (Lipinski definition) is 5. The summed E-state index contributed by atoms with van der Waals surface area (Å²) in [5.41, 5.74) is 1.64. The van der Waals surface area contributed by atoms with Gasteiger partial charge in [0.2, 0.25) is 0 Å². The van der Waals surface area contributed by atoms with Crippen molar-refractivity contribution < 1.29 is 26.8 Å².